The van der Waals surface area contributed by atoms with Crippen LogP contribution in [0, 0.1) is 0 Å². The highest BCUT2D eigenvalue weighted by Crippen LogP contribution is 2.44. The second-order valence-corrected chi connectivity index (χ2v) is 5.69. The largest absolute Gasteiger partial charge is 0.326 e. The van der Waals surface area contributed by atoms with Crippen molar-refractivity contribution in [3.63, 3.8) is 0 Å². The predicted octanol–water partition coefficient (Wildman–Crippen LogP) is 2.82. The van der Waals surface area contributed by atoms with E-state index in [1.807, 2.05) is 30.9 Å². The molecule has 20 heavy (non-hydrogen) atoms. The van der Waals surface area contributed by atoms with Gasteiger partial charge >= 0.3 is 0 Å². The zero-order chi connectivity index (χ0) is 14.3. The quantitative estimate of drug-likeness (QED) is 0.919. The average Bonchev–Trinajstić information content (AvgIpc) is 2.66. The number of nitrogens with zero attached hydrogens (tertiary/aromatic N) is 1. The van der Waals surface area contributed by atoms with Crippen molar-refractivity contribution in [3.05, 3.63) is 23.3 Å². The molecule has 0 fully saturated rings. The summed E-state index contributed by atoms with van der Waals surface area (Å²) in [7, 11) is 0. The molecule has 4 nitrogen and oxygen atoms in total. The van der Waals surface area contributed by atoms with Gasteiger partial charge in [-0.25, -0.2) is 0 Å². The number of carbonyl (C=O) groups is 2. The lowest BCUT2D eigenvalue weighted by Gasteiger charge is -2.26. The number of carbonyl (C=O) groups excluding carboxylic acids is 2. The Kier molecular flexibility index (Phi) is 3.24. The van der Waals surface area contributed by atoms with E-state index in [0.717, 1.165) is 42.7 Å². The first-order chi connectivity index (χ1) is 9.61. The molecule has 2 aliphatic rings. The van der Waals surface area contributed by atoms with Crippen LogP contribution in [0.5, 0.6) is 0 Å². The number of anilines is 2. The van der Waals surface area contributed by atoms with E-state index in [0.29, 0.717) is 6.42 Å². The molecule has 1 N–H and O–H groups in total. The van der Waals surface area contributed by atoms with E-state index >= 15 is 0 Å². The monoisotopic (exact) mass is 272 g/mol. The van der Waals surface area contributed by atoms with Crippen LogP contribution in [0.15, 0.2) is 12.1 Å². The molecule has 2 heterocycles. The van der Waals surface area contributed by atoms with Crippen LogP contribution in [0.3, 0.4) is 0 Å². The molecule has 0 unspecified atom stereocenters. The fraction of sp³-hybridized carbons (Fsp3) is 0.500. The van der Waals surface area contributed by atoms with Crippen molar-refractivity contribution in [1.82, 2.24) is 0 Å². The van der Waals surface area contributed by atoms with Gasteiger partial charge in [-0.3, -0.25) is 9.59 Å². The normalized spacial score (nSPS) is 20.0. The topological polar surface area (TPSA) is 49.4 Å². The highest BCUT2D eigenvalue weighted by atomic mass is 16.2. The summed E-state index contributed by atoms with van der Waals surface area (Å²) in [4.78, 5) is 25.9. The number of nitrogens with one attached hydrogen (secondary N) is 1. The van der Waals surface area contributed by atoms with E-state index in [1.54, 1.807) is 0 Å². The van der Waals surface area contributed by atoms with E-state index in [2.05, 4.69) is 5.32 Å². The molecule has 0 bridgehead atoms. The average molecular weight is 272 g/mol. The van der Waals surface area contributed by atoms with Gasteiger partial charge in [0.2, 0.25) is 11.8 Å². The fourth-order valence-corrected chi connectivity index (χ4v) is 3.22. The van der Waals surface area contributed by atoms with Gasteiger partial charge in [0.05, 0.1) is 11.6 Å². The third kappa shape index (κ3) is 1.99. The first-order valence-electron chi connectivity index (χ1n) is 7.40. The van der Waals surface area contributed by atoms with Gasteiger partial charge in [-0.15, -0.1) is 0 Å². The van der Waals surface area contributed by atoms with Crippen LogP contribution in [0.1, 0.15) is 50.2 Å². The third-order valence-electron chi connectivity index (χ3n) is 4.18. The van der Waals surface area contributed by atoms with Crippen molar-refractivity contribution in [1.29, 1.82) is 0 Å². The number of aryl methyl sites for hydroxylation is 1. The number of hydrogen-bond donors (Lipinski definition) is 1. The number of amides is 2. The minimum absolute atomic E-state index is 0.0456. The molecular weight excluding hydrogens is 252 g/mol. The van der Waals surface area contributed by atoms with Crippen LogP contribution in [0.25, 0.3) is 0 Å². The molecule has 3 rings (SSSR count). The van der Waals surface area contributed by atoms with Crippen molar-refractivity contribution in [3.8, 4) is 0 Å². The first-order valence-corrected chi connectivity index (χ1v) is 7.40. The molecule has 106 valence electrons. The molecule has 0 aromatic heterocycles. The van der Waals surface area contributed by atoms with Gasteiger partial charge in [0.1, 0.15) is 0 Å². The minimum atomic E-state index is -0.0927. The van der Waals surface area contributed by atoms with E-state index in [-0.39, 0.29) is 17.7 Å². The summed E-state index contributed by atoms with van der Waals surface area (Å²) >= 11 is 0. The first kappa shape index (κ1) is 13.2. The van der Waals surface area contributed by atoms with Gasteiger partial charge in [-0.2, -0.15) is 0 Å². The molecule has 0 spiro atoms. The molecule has 0 radical (unpaired) electrons. The number of hydrogen-bond acceptors (Lipinski definition) is 2. The molecule has 1 aromatic rings. The Morgan fingerprint density at radius 2 is 2.25 bits per heavy atom. The van der Waals surface area contributed by atoms with Crippen molar-refractivity contribution in [2.75, 3.05) is 16.8 Å². The van der Waals surface area contributed by atoms with Crippen LogP contribution >= 0.6 is 0 Å². The van der Waals surface area contributed by atoms with Gasteiger partial charge in [0.25, 0.3) is 0 Å². The number of rotatable bonds is 3. The van der Waals surface area contributed by atoms with Gasteiger partial charge in [0.15, 0.2) is 0 Å². The second-order valence-electron chi connectivity index (χ2n) is 5.69. The Morgan fingerprint density at radius 3 is 3.00 bits per heavy atom. The minimum Gasteiger partial charge on any atom is -0.326 e. The van der Waals surface area contributed by atoms with E-state index in [1.165, 1.54) is 5.56 Å². The molecule has 0 saturated carbocycles. The highest BCUT2D eigenvalue weighted by molar-refractivity contribution is 6.06. The van der Waals surface area contributed by atoms with Crippen LogP contribution in [0.4, 0.5) is 11.4 Å². The molecule has 2 amide bonds. The zero-order valence-corrected chi connectivity index (χ0v) is 12.0. The van der Waals surface area contributed by atoms with Crippen molar-refractivity contribution in [2.24, 2.45) is 0 Å². The SMILES string of the molecule is CCCC(=O)Nc1cc2c3c(c1)[C@@H](C)C(=O)N3CCC2. The Labute approximate surface area is 119 Å². The molecule has 1 aromatic carbocycles. The summed E-state index contributed by atoms with van der Waals surface area (Å²) in [5, 5.41) is 2.95. The van der Waals surface area contributed by atoms with Crippen LogP contribution in [-0.4, -0.2) is 18.4 Å². The second kappa shape index (κ2) is 4.93. The van der Waals surface area contributed by atoms with Crippen molar-refractivity contribution < 1.29 is 9.59 Å². The van der Waals surface area contributed by atoms with E-state index < -0.39 is 0 Å². The fourth-order valence-electron chi connectivity index (χ4n) is 3.22. The van der Waals surface area contributed by atoms with Crippen LogP contribution in [0.2, 0.25) is 0 Å². The Balaban J connectivity index is 1.98. The van der Waals surface area contributed by atoms with Gasteiger partial charge in [-0.05, 0) is 49.4 Å². The summed E-state index contributed by atoms with van der Waals surface area (Å²) in [6, 6.07) is 4.00. The predicted molar refractivity (Wildman–Crippen MR) is 79.1 cm³/mol. The highest BCUT2D eigenvalue weighted by Gasteiger charge is 2.37. The van der Waals surface area contributed by atoms with Gasteiger partial charge in [-0.1, -0.05) is 6.92 Å². The van der Waals surface area contributed by atoms with Crippen molar-refractivity contribution >= 4 is 23.2 Å². The lowest BCUT2D eigenvalue weighted by molar-refractivity contribution is -0.119. The zero-order valence-electron chi connectivity index (χ0n) is 12.0. The van der Waals surface area contributed by atoms with Gasteiger partial charge in [0, 0.05) is 18.7 Å². The Bertz CT molecular complexity index is 580. The summed E-state index contributed by atoms with van der Waals surface area (Å²) in [6.45, 7) is 4.77. The lowest BCUT2D eigenvalue weighted by atomic mass is 9.96. The summed E-state index contributed by atoms with van der Waals surface area (Å²) < 4.78 is 0. The molecule has 2 aliphatic heterocycles. The molecule has 0 saturated heterocycles. The standard InChI is InChI=1S/C16H20N2O2/c1-3-5-14(19)17-12-8-11-6-4-7-18-15(11)13(9-12)10(2)16(18)20/h8-10H,3-7H2,1-2H3,(H,17,19)/t10-/m1/s1. The molecular formula is C16H20N2O2. The van der Waals surface area contributed by atoms with Crippen LogP contribution < -0.4 is 10.2 Å². The lowest BCUT2D eigenvalue weighted by Crippen LogP contribution is -2.32. The Morgan fingerprint density at radius 1 is 1.45 bits per heavy atom. The van der Waals surface area contributed by atoms with Crippen molar-refractivity contribution in [2.45, 2.75) is 45.4 Å². The van der Waals surface area contributed by atoms with Gasteiger partial charge < -0.3 is 10.2 Å². The molecule has 1 atom stereocenters. The third-order valence-corrected chi connectivity index (χ3v) is 4.18. The maximum Gasteiger partial charge on any atom is 0.234 e. The Hall–Kier alpha value is -1.84. The molecule has 0 aliphatic carbocycles. The van der Waals surface area contributed by atoms with E-state index in [9.17, 15) is 9.59 Å². The molecule has 4 heteroatoms. The maximum absolute atomic E-state index is 12.3. The summed E-state index contributed by atoms with van der Waals surface area (Å²) in [5.74, 6) is 0.146. The smallest absolute Gasteiger partial charge is 0.234 e. The summed E-state index contributed by atoms with van der Waals surface area (Å²) in [5.41, 5.74) is 4.19. The summed E-state index contributed by atoms with van der Waals surface area (Å²) in [6.07, 6.45) is 3.35. The maximum atomic E-state index is 12.3. The van der Waals surface area contributed by atoms with E-state index in [4.69, 9.17) is 0 Å². The number of benzene rings is 1. The van der Waals surface area contributed by atoms with Crippen LogP contribution in [-0.2, 0) is 16.0 Å².